The average molecular weight is 296 g/mol. The second kappa shape index (κ2) is 6.89. The molecule has 0 saturated carbocycles. The lowest BCUT2D eigenvalue weighted by Gasteiger charge is -2.14. The Morgan fingerprint density at radius 1 is 0.909 bits per heavy atom. The summed E-state index contributed by atoms with van der Waals surface area (Å²) in [6, 6.07) is 14.2. The minimum Gasteiger partial charge on any atom is -0.308 e. The molecule has 0 saturated heterocycles. The number of hydrogen-bond acceptors (Lipinski definition) is 2. The largest absolute Gasteiger partial charge is 0.323 e. The van der Waals surface area contributed by atoms with Crippen molar-refractivity contribution in [3.8, 4) is 0 Å². The van der Waals surface area contributed by atoms with Crippen molar-refractivity contribution >= 4 is 23.2 Å². The summed E-state index contributed by atoms with van der Waals surface area (Å²) >= 11 is 0. The summed E-state index contributed by atoms with van der Waals surface area (Å²) in [7, 11) is 0. The maximum atomic E-state index is 12.1. The first-order valence-electron chi connectivity index (χ1n) is 7.25. The molecule has 0 fully saturated rings. The van der Waals surface area contributed by atoms with Crippen LogP contribution in [0.15, 0.2) is 48.5 Å². The van der Waals surface area contributed by atoms with E-state index < -0.39 is 0 Å². The molecule has 2 amide bonds. The summed E-state index contributed by atoms with van der Waals surface area (Å²) < 4.78 is 0. The van der Waals surface area contributed by atoms with Crippen LogP contribution in [0.3, 0.4) is 0 Å². The number of hydrogen-bond donors (Lipinski definition) is 2. The van der Waals surface area contributed by atoms with Gasteiger partial charge in [-0.15, -0.1) is 0 Å². The zero-order valence-corrected chi connectivity index (χ0v) is 13.0. The molecular weight excluding hydrogens is 276 g/mol. The van der Waals surface area contributed by atoms with Crippen molar-refractivity contribution in [1.82, 2.24) is 0 Å². The molecule has 0 spiro atoms. The van der Waals surface area contributed by atoms with Gasteiger partial charge >= 0.3 is 6.03 Å². The molecule has 114 valence electrons. The van der Waals surface area contributed by atoms with Gasteiger partial charge in [0.05, 0.1) is 0 Å². The minimum absolute atomic E-state index is 0.00172. The van der Waals surface area contributed by atoms with Gasteiger partial charge in [-0.1, -0.05) is 32.0 Å². The Balaban J connectivity index is 2.06. The van der Waals surface area contributed by atoms with Crippen LogP contribution in [0.2, 0.25) is 0 Å². The van der Waals surface area contributed by atoms with E-state index in [1.54, 1.807) is 24.3 Å². The Hall–Kier alpha value is -2.62. The first-order chi connectivity index (χ1) is 10.5. The van der Waals surface area contributed by atoms with Crippen molar-refractivity contribution in [2.45, 2.75) is 26.7 Å². The van der Waals surface area contributed by atoms with Crippen LogP contribution >= 0.6 is 0 Å². The van der Waals surface area contributed by atoms with Crippen LogP contribution < -0.4 is 10.6 Å². The smallest absolute Gasteiger partial charge is 0.308 e. The summed E-state index contributed by atoms with van der Waals surface area (Å²) in [6.45, 7) is 5.68. The highest BCUT2D eigenvalue weighted by Gasteiger charge is 2.09. The fourth-order valence-corrected chi connectivity index (χ4v) is 2.19. The van der Waals surface area contributed by atoms with E-state index >= 15 is 0 Å². The molecular formula is C18H20N2O2. The summed E-state index contributed by atoms with van der Waals surface area (Å²) in [5.74, 6) is 0.327. The number of rotatable bonds is 4. The number of ketones is 1. The van der Waals surface area contributed by atoms with Gasteiger partial charge in [-0.05, 0) is 48.7 Å². The van der Waals surface area contributed by atoms with Crippen LogP contribution in [0.4, 0.5) is 16.2 Å². The van der Waals surface area contributed by atoms with Crippen molar-refractivity contribution in [1.29, 1.82) is 0 Å². The summed E-state index contributed by atoms with van der Waals surface area (Å²) in [4.78, 5) is 23.3. The number of nitrogens with one attached hydrogen (secondary N) is 2. The zero-order chi connectivity index (χ0) is 16.1. The number of carbonyl (C=O) groups excluding carboxylic acids is 2. The Kier molecular flexibility index (Phi) is 4.94. The minimum atomic E-state index is -0.302. The Morgan fingerprint density at radius 2 is 1.55 bits per heavy atom. The van der Waals surface area contributed by atoms with E-state index in [9.17, 15) is 9.59 Å². The SMILES string of the molecule is CC(=O)c1ccc(NC(=O)Nc2ccccc2C(C)C)cc1. The van der Waals surface area contributed by atoms with E-state index in [4.69, 9.17) is 0 Å². The van der Waals surface area contributed by atoms with Gasteiger partial charge in [0, 0.05) is 16.9 Å². The van der Waals surface area contributed by atoms with Crippen LogP contribution in [0.1, 0.15) is 42.6 Å². The van der Waals surface area contributed by atoms with E-state index in [0.29, 0.717) is 17.2 Å². The molecule has 0 aliphatic carbocycles. The topological polar surface area (TPSA) is 58.2 Å². The Labute approximate surface area is 130 Å². The molecule has 0 aliphatic heterocycles. The van der Waals surface area contributed by atoms with Crippen LogP contribution in [-0.4, -0.2) is 11.8 Å². The molecule has 2 aromatic carbocycles. The third-order valence-corrected chi connectivity index (χ3v) is 3.38. The first kappa shape index (κ1) is 15.8. The monoisotopic (exact) mass is 296 g/mol. The number of carbonyl (C=O) groups is 2. The maximum absolute atomic E-state index is 12.1. The predicted molar refractivity (Wildman–Crippen MR) is 89.6 cm³/mol. The third-order valence-electron chi connectivity index (χ3n) is 3.38. The van der Waals surface area contributed by atoms with Gasteiger partial charge in [-0.2, -0.15) is 0 Å². The molecule has 4 heteroatoms. The lowest BCUT2D eigenvalue weighted by molar-refractivity contribution is 0.101. The molecule has 0 atom stereocenters. The van der Waals surface area contributed by atoms with Crippen molar-refractivity contribution in [2.24, 2.45) is 0 Å². The molecule has 2 aromatic rings. The van der Waals surface area contributed by atoms with E-state index in [0.717, 1.165) is 11.3 Å². The maximum Gasteiger partial charge on any atom is 0.323 e. The van der Waals surface area contributed by atoms with Gasteiger partial charge in [0.1, 0.15) is 0 Å². The lowest BCUT2D eigenvalue weighted by Crippen LogP contribution is -2.20. The molecule has 0 bridgehead atoms. The molecule has 2 N–H and O–H groups in total. The summed E-state index contributed by atoms with van der Waals surface area (Å²) in [5, 5.41) is 5.62. The molecule has 0 heterocycles. The highest BCUT2D eigenvalue weighted by Crippen LogP contribution is 2.23. The van der Waals surface area contributed by atoms with Crippen LogP contribution in [0, 0.1) is 0 Å². The van der Waals surface area contributed by atoms with E-state index in [2.05, 4.69) is 24.5 Å². The van der Waals surface area contributed by atoms with Gasteiger partial charge < -0.3 is 10.6 Å². The normalized spacial score (nSPS) is 10.4. The average Bonchev–Trinajstić information content (AvgIpc) is 2.48. The zero-order valence-electron chi connectivity index (χ0n) is 13.0. The highest BCUT2D eigenvalue weighted by atomic mass is 16.2. The van der Waals surface area contributed by atoms with E-state index in [-0.39, 0.29) is 11.8 Å². The molecule has 0 unspecified atom stereocenters. The predicted octanol–water partition coefficient (Wildman–Crippen LogP) is 4.66. The van der Waals surface area contributed by atoms with Gasteiger partial charge in [-0.3, -0.25) is 4.79 Å². The van der Waals surface area contributed by atoms with Crippen LogP contribution in [0.5, 0.6) is 0 Å². The number of amides is 2. The Morgan fingerprint density at radius 3 is 2.14 bits per heavy atom. The summed E-state index contributed by atoms with van der Waals surface area (Å²) in [6.07, 6.45) is 0. The van der Waals surface area contributed by atoms with Crippen LogP contribution in [-0.2, 0) is 0 Å². The number of benzene rings is 2. The van der Waals surface area contributed by atoms with Gasteiger partial charge in [0.15, 0.2) is 5.78 Å². The standard InChI is InChI=1S/C18H20N2O2/c1-12(2)16-6-4-5-7-17(16)20-18(22)19-15-10-8-14(9-11-15)13(3)21/h4-12H,1-3H3,(H2,19,20,22). The molecule has 2 rings (SSSR count). The number of urea groups is 1. The lowest BCUT2D eigenvalue weighted by atomic mass is 10.0. The van der Waals surface area contributed by atoms with Crippen molar-refractivity contribution < 1.29 is 9.59 Å². The molecule has 0 aliphatic rings. The highest BCUT2D eigenvalue weighted by molar-refractivity contribution is 6.01. The van der Waals surface area contributed by atoms with Crippen molar-refractivity contribution in [2.75, 3.05) is 10.6 Å². The van der Waals surface area contributed by atoms with Gasteiger partial charge in [-0.25, -0.2) is 4.79 Å². The summed E-state index contributed by atoms with van der Waals surface area (Å²) in [5.41, 5.74) is 3.15. The quantitative estimate of drug-likeness (QED) is 0.806. The van der Waals surface area contributed by atoms with Gasteiger partial charge in [0.25, 0.3) is 0 Å². The number of anilines is 2. The third kappa shape index (κ3) is 3.95. The van der Waals surface area contributed by atoms with E-state index in [1.807, 2.05) is 24.3 Å². The molecule has 0 radical (unpaired) electrons. The van der Waals surface area contributed by atoms with Crippen molar-refractivity contribution in [3.63, 3.8) is 0 Å². The fourth-order valence-electron chi connectivity index (χ4n) is 2.19. The second-order valence-electron chi connectivity index (χ2n) is 5.45. The van der Waals surface area contributed by atoms with Gasteiger partial charge in [0.2, 0.25) is 0 Å². The second-order valence-corrected chi connectivity index (χ2v) is 5.45. The number of Topliss-reactive ketones (excluding diaryl/α,β-unsaturated/α-hetero) is 1. The molecule has 4 nitrogen and oxygen atoms in total. The first-order valence-corrected chi connectivity index (χ1v) is 7.25. The number of para-hydroxylation sites is 1. The molecule has 0 aromatic heterocycles. The fraction of sp³-hybridized carbons (Fsp3) is 0.222. The van der Waals surface area contributed by atoms with Crippen molar-refractivity contribution in [3.05, 3.63) is 59.7 Å². The van der Waals surface area contributed by atoms with Crippen LogP contribution in [0.25, 0.3) is 0 Å². The molecule has 22 heavy (non-hydrogen) atoms. The Bertz CT molecular complexity index is 676. The van der Waals surface area contributed by atoms with E-state index in [1.165, 1.54) is 6.92 Å².